The van der Waals surface area contributed by atoms with Gasteiger partial charge in [0.25, 0.3) is 0 Å². The number of nitrogens with zero attached hydrogens (tertiary/aromatic N) is 4. The summed E-state index contributed by atoms with van der Waals surface area (Å²) in [6.07, 6.45) is 3.13. The van der Waals surface area contributed by atoms with Gasteiger partial charge in [0.05, 0.1) is 34.5 Å². The second-order valence-electron chi connectivity index (χ2n) is 6.83. The Labute approximate surface area is 192 Å². The largest absolute Gasteiger partial charge is 0.359 e. The van der Waals surface area contributed by atoms with E-state index in [2.05, 4.69) is 31.0 Å². The van der Waals surface area contributed by atoms with E-state index in [0.717, 1.165) is 17.1 Å². The van der Waals surface area contributed by atoms with E-state index in [1.54, 1.807) is 36.1 Å². The second kappa shape index (κ2) is 9.37. The van der Waals surface area contributed by atoms with E-state index in [9.17, 15) is 9.18 Å². The molecule has 0 saturated heterocycles. The van der Waals surface area contributed by atoms with Gasteiger partial charge >= 0.3 is 0 Å². The van der Waals surface area contributed by atoms with Crippen LogP contribution < -0.4 is 16.0 Å². The molecule has 2 heterocycles. The maximum Gasteiger partial charge on any atom is 0.229 e. The highest BCUT2D eigenvalue weighted by Gasteiger charge is 2.10. The van der Waals surface area contributed by atoms with Crippen molar-refractivity contribution in [3.63, 3.8) is 0 Å². The van der Waals surface area contributed by atoms with Gasteiger partial charge in [-0.3, -0.25) is 9.48 Å². The Morgan fingerprint density at radius 1 is 1.06 bits per heavy atom. The van der Waals surface area contributed by atoms with Gasteiger partial charge in [-0.25, -0.2) is 9.37 Å². The monoisotopic (exact) mass is 473 g/mol. The average Bonchev–Trinajstić information content (AvgIpc) is 3.19. The van der Waals surface area contributed by atoms with Crippen LogP contribution in [0, 0.1) is 5.82 Å². The summed E-state index contributed by atoms with van der Waals surface area (Å²) < 4.78 is 16.0. The lowest BCUT2D eigenvalue weighted by Crippen LogP contribution is -2.19. The molecular formula is C21H18Cl2FN7O. The summed E-state index contributed by atoms with van der Waals surface area (Å²) in [5.74, 6) is -0.468. The van der Waals surface area contributed by atoms with Gasteiger partial charge in [0.2, 0.25) is 11.9 Å². The summed E-state index contributed by atoms with van der Waals surface area (Å²) in [5, 5.41) is 14.5. The molecule has 3 N–H and O–H groups in total. The van der Waals surface area contributed by atoms with E-state index < -0.39 is 5.82 Å². The quantitative estimate of drug-likeness (QED) is 0.353. The molecule has 0 aliphatic carbocycles. The molecule has 0 atom stereocenters. The number of rotatable bonds is 7. The zero-order valence-electron chi connectivity index (χ0n) is 16.9. The van der Waals surface area contributed by atoms with Crippen molar-refractivity contribution in [3.8, 4) is 0 Å². The molecule has 1 amide bonds. The zero-order valence-corrected chi connectivity index (χ0v) is 18.4. The van der Waals surface area contributed by atoms with Gasteiger partial charge in [-0.2, -0.15) is 10.1 Å². The van der Waals surface area contributed by atoms with E-state index in [4.69, 9.17) is 23.2 Å². The SMILES string of the molecule is CNC(=O)CCn1ncc2cc(Nc3ncc(F)c(Nc4ccc(Cl)c(Cl)c4)n3)ccc21. The molecule has 2 aromatic heterocycles. The molecule has 0 bridgehead atoms. The number of aromatic nitrogens is 4. The Morgan fingerprint density at radius 2 is 1.84 bits per heavy atom. The fourth-order valence-electron chi connectivity index (χ4n) is 3.03. The van der Waals surface area contributed by atoms with Gasteiger partial charge in [-0.05, 0) is 36.4 Å². The number of carbonyl (C=O) groups excluding carboxylic acids is 1. The smallest absolute Gasteiger partial charge is 0.229 e. The number of fused-ring (bicyclic) bond motifs is 1. The molecule has 11 heteroatoms. The maximum absolute atomic E-state index is 14.2. The minimum Gasteiger partial charge on any atom is -0.359 e. The lowest BCUT2D eigenvalue weighted by atomic mass is 10.2. The van der Waals surface area contributed by atoms with Crippen molar-refractivity contribution in [2.45, 2.75) is 13.0 Å². The van der Waals surface area contributed by atoms with Crippen molar-refractivity contribution >= 4 is 63.2 Å². The highest BCUT2D eigenvalue weighted by Crippen LogP contribution is 2.28. The van der Waals surface area contributed by atoms with Crippen molar-refractivity contribution in [3.05, 3.63) is 64.7 Å². The van der Waals surface area contributed by atoms with Crippen molar-refractivity contribution in [1.29, 1.82) is 0 Å². The number of hydrogen-bond acceptors (Lipinski definition) is 6. The first-order chi connectivity index (χ1) is 15.4. The molecule has 164 valence electrons. The summed E-state index contributed by atoms with van der Waals surface area (Å²) in [6, 6.07) is 10.4. The zero-order chi connectivity index (χ0) is 22.7. The third kappa shape index (κ3) is 4.90. The topological polar surface area (TPSA) is 96.8 Å². The summed E-state index contributed by atoms with van der Waals surface area (Å²) in [5.41, 5.74) is 2.13. The number of anilines is 4. The van der Waals surface area contributed by atoms with E-state index in [1.165, 1.54) is 0 Å². The first kappa shape index (κ1) is 21.8. The summed E-state index contributed by atoms with van der Waals surface area (Å²) in [6.45, 7) is 0.473. The number of aryl methyl sites for hydroxylation is 1. The van der Waals surface area contributed by atoms with Crippen LogP contribution in [0.2, 0.25) is 10.0 Å². The van der Waals surface area contributed by atoms with Crippen LogP contribution in [-0.2, 0) is 11.3 Å². The van der Waals surface area contributed by atoms with Crippen LogP contribution in [0.25, 0.3) is 10.9 Å². The van der Waals surface area contributed by atoms with Crippen LogP contribution in [0.15, 0.2) is 48.8 Å². The summed E-state index contributed by atoms with van der Waals surface area (Å²) >= 11 is 11.9. The highest BCUT2D eigenvalue weighted by atomic mass is 35.5. The minimum atomic E-state index is -0.616. The Hall–Kier alpha value is -3.43. The molecule has 0 radical (unpaired) electrons. The van der Waals surface area contributed by atoms with Crippen molar-refractivity contribution in [2.75, 3.05) is 17.7 Å². The average molecular weight is 474 g/mol. The third-order valence-corrected chi connectivity index (χ3v) is 5.39. The molecule has 2 aromatic carbocycles. The minimum absolute atomic E-state index is 0.0102. The van der Waals surface area contributed by atoms with Gasteiger partial charge < -0.3 is 16.0 Å². The number of amides is 1. The van der Waals surface area contributed by atoms with E-state index in [1.807, 2.05) is 18.2 Å². The lowest BCUT2D eigenvalue weighted by Gasteiger charge is -2.10. The molecule has 32 heavy (non-hydrogen) atoms. The molecule has 0 unspecified atom stereocenters. The van der Waals surface area contributed by atoms with Crippen LogP contribution in [0.5, 0.6) is 0 Å². The molecule has 8 nitrogen and oxygen atoms in total. The van der Waals surface area contributed by atoms with E-state index >= 15 is 0 Å². The Balaban J connectivity index is 1.51. The molecular weight excluding hydrogens is 456 g/mol. The Kier molecular flexibility index (Phi) is 6.38. The predicted octanol–water partition coefficient (Wildman–Crippen LogP) is 4.90. The van der Waals surface area contributed by atoms with Crippen LogP contribution in [-0.4, -0.2) is 32.7 Å². The Bertz CT molecular complexity index is 1290. The predicted molar refractivity (Wildman–Crippen MR) is 123 cm³/mol. The first-order valence-corrected chi connectivity index (χ1v) is 10.4. The third-order valence-electron chi connectivity index (χ3n) is 4.65. The number of carbonyl (C=O) groups is 1. The van der Waals surface area contributed by atoms with Gasteiger partial charge in [-0.1, -0.05) is 23.2 Å². The van der Waals surface area contributed by atoms with Crippen LogP contribution in [0.4, 0.5) is 27.5 Å². The maximum atomic E-state index is 14.2. The van der Waals surface area contributed by atoms with E-state index in [0.29, 0.717) is 34.4 Å². The normalized spacial score (nSPS) is 10.9. The summed E-state index contributed by atoms with van der Waals surface area (Å²) in [4.78, 5) is 19.7. The van der Waals surface area contributed by atoms with Gasteiger partial charge in [0.15, 0.2) is 11.6 Å². The van der Waals surface area contributed by atoms with E-state index in [-0.39, 0.29) is 17.7 Å². The van der Waals surface area contributed by atoms with Crippen LogP contribution >= 0.6 is 23.2 Å². The summed E-state index contributed by atoms with van der Waals surface area (Å²) in [7, 11) is 1.60. The number of halogens is 3. The number of benzene rings is 2. The van der Waals surface area contributed by atoms with Crippen molar-refractivity contribution in [1.82, 2.24) is 25.1 Å². The molecule has 0 aliphatic heterocycles. The van der Waals surface area contributed by atoms with Gasteiger partial charge in [0, 0.05) is 30.2 Å². The molecule has 0 saturated carbocycles. The molecule has 4 rings (SSSR count). The van der Waals surface area contributed by atoms with Crippen LogP contribution in [0.1, 0.15) is 6.42 Å². The van der Waals surface area contributed by atoms with Gasteiger partial charge in [0.1, 0.15) is 0 Å². The fraction of sp³-hybridized carbons (Fsp3) is 0.143. The van der Waals surface area contributed by atoms with Crippen molar-refractivity contribution in [2.24, 2.45) is 0 Å². The number of nitrogens with one attached hydrogen (secondary N) is 3. The van der Waals surface area contributed by atoms with Crippen molar-refractivity contribution < 1.29 is 9.18 Å². The first-order valence-electron chi connectivity index (χ1n) is 9.61. The molecule has 0 aliphatic rings. The molecule has 0 spiro atoms. The van der Waals surface area contributed by atoms with Crippen LogP contribution in [0.3, 0.4) is 0 Å². The highest BCUT2D eigenvalue weighted by molar-refractivity contribution is 6.42. The molecule has 4 aromatic rings. The second-order valence-corrected chi connectivity index (χ2v) is 7.65. The Morgan fingerprint density at radius 3 is 2.62 bits per heavy atom. The standard InChI is InChI=1S/C21H18Cl2FN7O/c1-25-19(32)6-7-31-18-5-3-13(8-12(18)10-27-31)29-21-26-11-17(24)20(30-21)28-14-2-4-15(22)16(23)9-14/h2-5,8-11H,6-7H2,1H3,(H,25,32)(H2,26,28,29,30). The fourth-order valence-corrected chi connectivity index (χ4v) is 3.33. The lowest BCUT2D eigenvalue weighted by molar-refractivity contribution is -0.120. The number of hydrogen-bond donors (Lipinski definition) is 3. The van der Waals surface area contributed by atoms with Gasteiger partial charge in [-0.15, -0.1) is 0 Å². The molecule has 0 fully saturated rings.